The molecule has 1 aromatic carbocycles. The lowest BCUT2D eigenvalue weighted by atomic mass is 10.1. The summed E-state index contributed by atoms with van der Waals surface area (Å²) in [6.07, 6.45) is -0.885. The molecule has 0 spiro atoms. The Morgan fingerprint density at radius 1 is 1.50 bits per heavy atom. The highest BCUT2D eigenvalue weighted by Crippen LogP contribution is 2.24. The number of hydrogen-bond acceptors (Lipinski definition) is 2. The van der Waals surface area contributed by atoms with E-state index >= 15 is 0 Å². The molecule has 0 radical (unpaired) electrons. The van der Waals surface area contributed by atoms with Gasteiger partial charge in [-0.2, -0.15) is 0 Å². The van der Waals surface area contributed by atoms with E-state index in [-0.39, 0.29) is 0 Å². The van der Waals surface area contributed by atoms with E-state index in [0.29, 0.717) is 10.6 Å². The van der Waals surface area contributed by atoms with Crippen molar-refractivity contribution in [1.82, 2.24) is 0 Å². The Balaban J connectivity index is 3.07. The molecule has 1 rings (SSSR count). The van der Waals surface area contributed by atoms with Crippen molar-refractivity contribution in [3.05, 3.63) is 34.3 Å². The second-order valence-electron chi connectivity index (χ2n) is 2.54. The van der Waals surface area contributed by atoms with Crippen LogP contribution >= 0.6 is 11.6 Å². The maximum atomic E-state index is 9.35. The molecule has 12 heavy (non-hydrogen) atoms. The number of benzene rings is 1. The lowest BCUT2D eigenvalue weighted by Crippen LogP contribution is -2.01. The first-order chi connectivity index (χ1) is 5.66. The van der Waals surface area contributed by atoms with Gasteiger partial charge in [0.2, 0.25) is 0 Å². The fourth-order valence-corrected chi connectivity index (χ4v) is 1.20. The lowest BCUT2D eigenvalue weighted by Gasteiger charge is -2.12. The van der Waals surface area contributed by atoms with E-state index in [4.69, 9.17) is 16.3 Å². The highest BCUT2D eigenvalue weighted by Gasteiger charge is 2.09. The summed E-state index contributed by atoms with van der Waals surface area (Å²) in [6.45, 7) is 1.85. The van der Waals surface area contributed by atoms with Crippen LogP contribution in [0.2, 0.25) is 5.02 Å². The van der Waals surface area contributed by atoms with Crippen LogP contribution < -0.4 is 0 Å². The maximum absolute atomic E-state index is 9.35. The minimum absolute atomic E-state index is 0.642. The van der Waals surface area contributed by atoms with Crippen LogP contribution in [-0.4, -0.2) is 12.2 Å². The van der Waals surface area contributed by atoms with Gasteiger partial charge in [0.25, 0.3) is 0 Å². The Kier molecular flexibility index (Phi) is 3.09. The SMILES string of the molecule is COC(O)c1cccc(Cl)c1C. The van der Waals surface area contributed by atoms with Crippen LogP contribution in [-0.2, 0) is 4.74 Å². The molecule has 0 aliphatic carbocycles. The van der Waals surface area contributed by atoms with Crippen LogP contribution in [0, 0.1) is 6.92 Å². The molecule has 0 saturated carbocycles. The number of hydrogen-bond donors (Lipinski definition) is 1. The van der Waals surface area contributed by atoms with Crippen molar-refractivity contribution >= 4 is 11.6 Å². The van der Waals surface area contributed by atoms with E-state index < -0.39 is 6.29 Å². The monoisotopic (exact) mass is 186 g/mol. The Labute approximate surface area is 76.7 Å². The number of halogens is 1. The molecule has 0 aliphatic heterocycles. The second-order valence-corrected chi connectivity index (χ2v) is 2.95. The first-order valence-corrected chi connectivity index (χ1v) is 4.00. The molecular weight excluding hydrogens is 176 g/mol. The molecule has 0 saturated heterocycles. The van der Waals surface area contributed by atoms with Gasteiger partial charge in [-0.25, -0.2) is 0 Å². The average molecular weight is 187 g/mol. The third-order valence-corrected chi connectivity index (χ3v) is 2.21. The van der Waals surface area contributed by atoms with Crippen LogP contribution in [0.1, 0.15) is 17.4 Å². The summed E-state index contributed by atoms with van der Waals surface area (Å²) in [5.74, 6) is 0. The van der Waals surface area contributed by atoms with Crippen molar-refractivity contribution < 1.29 is 9.84 Å². The van der Waals surface area contributed by atoms with Crippen molar-refractivity contribution in [2.75, 3.05) is 7.11 Å². The van der Waals surface area contributed by atoms with Crippen molar-refractivity contribution in [2.24, 2.45) is 0 Å². The molecule has 1 unspecified atom stereocenters. The molecule has 0 aliphatic rings. The van der Waals surface area contributed by atoms with Gasteiger partial charge in [0, 0.05) is 17.7 Å². The third-order valence-electron chi connectivity index (χ3n) is 1.80. The average Bonchev–Trinajstić information content (AvgIpc) is 2.08. The predicted molar refractivity (Wildman–Crippen MR) is 48.2 cm³/mol. The van der Waals surface area contributed by atoms with E-state index in [1.807, 2.05) is 6.92 Å². The minimum Gasteiger partial charge on any atom is -0.364 e. The molecule has 1 aromatic rings. The van der Waals surface area contributed by atoms with Gasteiger partial charge < -0.3 is 9.84 Å². The standard InChI is InChI=1S/C9H11ClO2/c1-6-7(9(11)12-2)4-3-5-8(6)10/h3-5,9,11H,1-2H3. The normalized spacial score (nSPS) is 13.0. The summed E-state index contributed by atoms with van der Waals surface area (Å²) in [5.41, 5.74) is 1.57. The van der Waals surface area contributed by atoms with E-state index in [0.717, 1.165) is 5.56 Å². The molecule has 0 aromatic heterocycles. The van der Waals surface area contributed by atoms with Gasteiger partial charge in [-0.15, -0.1) is 0 Å². The predicted octanol–water partition coefficient (Wildman–Crippen LogP) is 2.29. The van der Waals surface area contributed by atoms with Gasteiger partial charge in [0.15, 0.2) is 6.29 Å². The molecule has 66 valence electrons. The fraction of sp³-hybridized carbons (Fsp3) is 0.333. The molecule has 0 bridgehead atoms. The van der Waals surface area contributed by atoms with Crippen molar-refractivity contribution in [1.29, 1.82) is 0 Å². The summed E-state index contributed by atoms with van der Waals surface area (Å²) >= 11 is 5.85. The van der Waals surface area contributed by atoms with Crippen LogP contribution in [0.15, 0.2) is 18.2 Å². The maximum Gasteiger partial charge on any atom is 0.181 e. The van der Waals surface area contributed by atoms with Crippen molar-refractivity contribution in [2.45, 2.75) is 13.2 Å². The summed E-state index contributed by atoms with van der Waals surface area (Å²) < 4.78 is 4.77. The third kappa shape index (κ3) is 1.78. The quantitative estimate of drug-likeness (QED) is 0.719. The number of aliphatic hydroxyl groups is 1. The Morgan fingerprint density at radius 3 is 2.75 bits per heavy atom. The molecule has 1 atom stereocenters. The van der Waals surface area contributed by atoms with Gasteiger partial charge in [0.1, 0.15) is 0 Å². The van der Waals surface area contributed by atoms with Crippen molar-refractivity contribution in [3.8, 4) is 0 Å². The first kappa shape index (κ1) is 9.52. The van der Waals surface area contributed by atoms with Gasteiger partial charge >= 0.3 is 0 Å². The summed E-state index contributed by atoms with van der Waals surface area (Å²) in [6, 6.07) is 5.35. The van der Waals surface area contributed by atoms with Crippen LogP contribution in [0.3, 0.4) is 0 Å². The molecular formula is C9H11ClO2. The van der Waals surface area contributed by atoms with Crippen LogP contribution in [0.5, 0.6) is 0 Å². The largest absolute Gasteiger partial charge is 0.364 e. The van der Waals surface area contributed by atoms with E-state index in [2.05, 4.69) is 0 Å². The molecule has 3 heteroatoms. The summed E-state index contributed by atoms with van der Waals surface area (Å²) in [5, 5.41) is 10.00. The van der Waals surface area contributed by atoms with Gasteiger partial charge in [-0.1, -0.05) is 23.7 Å². The molecule has 2 nitrogen and oxygen atoms in total. The molecule has 0 heterocycles. The Morgan fingerprint density at radius 2 is 2.17 bits per heavy atom. The zero-order valence-corrected chi connectivity index (χ0v) is 7.80. The van der Waals surface area contributed by atoms with Gasteiger partial charge in [0.05, 0.1) is 0 Å². The highest BCUT2D eigenvalue weighted by atomic mass is 35.5. The van der Waals surface area contributed by atoms with E-state index in [1.165, 1.54) is 7.11 Å². The lowest BCUT2D eigenvalue weighted by molar-refractivity contribution is -0.0773. The zero-order valence-electron chi connectivity index (χ0n) is 7.04. The smallest absolute Gasteiger partial charge is 0.181 e. The number of rotatable bonds is 2. The zero-order chi connectivity index (χ0) is 9.14. The fourth-order valence-electron chi connectivity index (χ4n) is 1.02. The second kappa shape index (κ2) is 3.90. The number of methoxy groups -OCH3 is 1. The number of ether oxygens (including phenoxy) is 1. The van der Waals surface area contributed by atoms with E-state index in [1.54, 1.807) is 18.2 Å². The number of aliphatic hydroxyl groups excluding tert-OH is 1. The first-order valence-electron chi connectivity index (χ1n) is 3.62. The Hall–Kier alpha value is -0.570. The van der Waals surface area contributed by atoms with Crippen molar-refractivity contribution in [3.63, 3.8) is 0 Å². The highest BCUT2D eigenvalue weighted by molar-refractivity contribution is 6.31. The Bertz CT molecular complexity index is 273. The molecule has 0 amide bonds. The van der Waals surface area contributed by atoms with Crippen LogP contribution in [0.25, 0.3) is 0 Å². The van der Waals surface area contributed by atoms with Gasteiger partial charge in [-0.3, -0.25) is 0 Å². The molecule has 0 fully saturated rings. The summed E-state index contributed by atoms with van der Waals surface area (Å²) in [4.78, 5) is 0. The topological polar surface area (TPSA) is 29.5 Å². The molecule has 1 N–H and O–H groups in total. The van der Waals surface area contributed by atoms with Crippen LogP contribution in [0.4, 0.5) is 0 Å². The minimum atomic E-state index is -0.885. The van der Waals surface area contributed by atoms with Gasteiger partial charge in [-0.05, 0) is 18.6 Å². The van der Waals surface area contributed by atoms with E-state index in [9.17, 15) is 5.11 Å². The summed E-state index contributed by atoms with van der Waals surface area (Å²) in [7, 11) is 1.45.